The van der Waals surface area contributed by atoms with Crippen molar-refractivity contribution in [2.24, 2.45) is 0 Å². The Morgan fingerprint density at radius 3 is 2.36 bits per heavy atom. The van der Waals surface area contributed by atoms with E-state index in [0.717, 1.165) is 12.0 Å². The Morgan fingerprint density at radius 2 is 1.64 bits per heavy atom. The average Bonchev–Trinajstić information content (AvgIpc) is 2.65. The Bertz CT molecular complexity index is 744. The number of benzene rings is 2. The number of nitrogens with one attached hydrogen (secondary N) is 2. The van der Waals surface area contributed by atoms with E-state index in [1.165, 1.54) is 0 Å². The quantitative estimate of drug-likeness (QED) is 0.757. The molecule has 2 amide bonds. The standard InChI is InChI=1S/C19H20N2O4/c1-2-14-8-6-7-11-16(14)21-17(22)13-25-18(23)12-20-19(24)15-9-4-3-5-10-15/h3-11H,2,12-13H2,1H3,(H,20,24)(H,21,22). The molecule has 0 aliphatic rings. The van der Waals surface area contributed by atoms with Crippen LogP contribution >= 0.6 is 0 Å². The van der Waals surface area contributed by atoms with Crippen LogP contribution in [0.15, 0.2) is 54.6 Å². The molecule has 0 aromatic heterocycles. The van der Waals surface area contributed by atoms with E-state index >= 15 is 0 Å². The molecule has 2 aromatic rings. The first-order chi connectivity index (χ1) is 12.1. The number of hydrogen-bond acceptors (Lipinski definition) is 4. The lowest BCUT2D eigenvalue weighted by molar-refractivity contribution is -0.146. The summed E-state index contributed by atoms with van der Waals surface area (Å²) in [5.74, 6) is -1.48. The van der Waals surface area contributed by atoms with Crippen LogP contribution in [0.1, 0.15) is 22.8 Å². The van der Waals surface area contributed by atoms with Gasteiger partial charge >= 0.3 is 5.97 Å². The second-order valence-electron chi connectivity index (χ2n) is 5.27. The van der Waals surface area contributed by atoms with Crippen LogP contribution in [0.4, 0.5) is 5.69 Å². The highest BCUT2D eigenvalue weighted by molar-refractivity contribution is 5.96. The Labute approximate surface area is 146 Å². The SMILES string of the molecule is CCc1ccccc1NC(=O)COC(=O)CNC(=O)c1ccccc1. The van der Waals surface area contributed by atoms with E-state index in [0.29, 0.717) is 11.3 Å². The summed E-state index contributed by atoms with van der Waals surface area (Å²) in [5, 5.41) is 5.15. The van der Waals surface area contributed by atoms with Crippen LogP contribution in [0.25, 0.3) is 0 Å². The molecule has 0 aliphatic heterocycles. The number of esters is 1. The smallest absolute Gasteiger partial charge is 0.325 e. The van der Waals surface area contributed by atoms with Gasteiger partial charge in [0.1, 0.15) is 6.54 Å². The normalized spacial score (nSPS) is 9.96. The lowest BCUT2D eigenvalue weighted by Crippen LogP contribution is -2.32. The van der Waals surface area contributed by atoms with Gasteiger partial charge in [0.25, 0.3) is 11.8 Å². The summed E-state index contributed by atoms with van der Waals surface area (Å²) in [7, 11) is 0. The van der Waals surface area contributed by atoms with Gasteiger partial charge in [-0.15, -0.1) is 0 Å². The van der Waals surface area contributed by atoms with E-state index in [4.69, 9.17) is 4.74 Å². The lowest BCUT2D eigenvalue weighted by atomic mass is 10.1. The number of para-hydroxylation sites is 1. The van der Waals surface area contributed by atoms with Gasteiger partial charge in [0.15, 0.2) is 6.61 Å². The third-order valence-electron chi connectivity index (χ3n) is 3.47. The number of hydrogen-bond donors (Lipinski definition) is 2. The van der Waals surface area contributed by atoms with Crippen molar-refractivity contribution >= 4 is 23.5 Å². The van der Waals surface area contributed by atoms with Crippen molar-refractivity contribution < 1.29 is 19.1 Å². The van der Waals surface area contributed by atoms with Gasteiger partial charge in [-0.25, -0.2) is 0 Å². The third-order valence-corrected chi connectivity index (χ3v) is 3.47. The highest BCUT2D eigenvalue weighted by atomic mass is 16.5. The van der Waals surface area contributed by atoms with Gasteiger partial charge in [0, 0.05) is 11.3 Å². The molecule has 6 heteroatoms. The molecule has 0 bridgehead atoms. The first kappa shape index (κ1) is 18.2. The fourth-order valence-corrected chi connectivity index (χ4v) is 2.18. The van der Waals surface area contributed by atoms with Crippen molar-refractivity contribution in [3.05, 3.63) is 65.7 Å². The fourth-order valence-electron chi connectivity index (χ4n) is 2.18. The number of carbonyl (C=O) groups is 3. The maximum Gasteiger partial charge on any atom is 0.325 e. The van der Waals surface area contributed by atoms with Crippen molar-refractivity contribution in [3.63, 3.8) is 0 Å². The van der Waals surface area contributed by atoms with Gasteiger partial charge in [-0.1, -0.05) is 43.3 Å². The van der Waals surface area contributed by atoms with E-state index in [-0.39, 0.29) is 12.5 Å². The third kappa shape index (κ3) is 5.76. The largest absolute Gasteiger partial charge is 0.454 e. The van der Waals surface area contributed by atoms with Crippen LogP contribution in [0.2, 0.25) is 0 Å². The van der Waals surface area contributed by atoms with Gasteiger partial charge in [0.2, 0.25) is 0 Å². The molecular formula is C19H20N2O4. The van der Waals surface area contributed by atoms with Crippen LogP contribution in [0, 0.1) is 0 Å². The second kappa shape index (κ2) is 9.22. The summed E-state index contributed by atoms with van der Waals surface area (Å²) in [6.45, 7) is 1.28. The molecular weight excluding hydrogens is 320 g/mol. The summed E-state index contributed by atoms with van der Waals surface area (Å²) >= 11 is 0. The molecule has 0 fully saturated rings. The molecule has 0 spiro atoms. The van der Waals surface area contributed by atoms with Gasteiger partial charge in [-0.2, -0.15) is 0 Å². The maximum atomic E-state index is 11.9. The van der Waals surface area contributed by atoms with E-state index in [1.54, 1.807) is 36.4 Å². The van der Waals surface area contributed by atoms with Gasteiger partial charge in [0.05, 0.1) is 0 Å². The van der Waals surface area contributed by atoms with Crippen molar-refractivity contribution in [2.75, 3.05) is 18.5 Å². The number of ether oxygens (including phenoxy) is 1. The molecule has 0 heterocycles. The van der Waals surface area contributed by atoms with Crippen molar-refractivity contribution in [2.45, 2.75) is 13.3 Å². The molecule has 2 aromatic carbocycles. The van der Waals surface area contributed by atoms with Crippen LogP contribution in [0.3, 0.4) is 0 Å². The summed E-state index contributed by atoms with van der Waals surface area (Å²) in [6, 6.07) is 15.9. The first-order valence-corrected chi connectivity index (χ1v) is 7.96. The predicted molar refractivity (Wildman–Crippen MR) is 94.2 cm³/mol. The zero-order valence-corrected chi connectivity index (χ0v) is 14.0. The van der Waals surface area contributed by atoms with E-state index < -0.39 is 18.5 Å². The summed E-state index contributed by atoms with van der Waals surface area (Å²) in [4.78, 5) is 35.3. The van der Waals surface area contributed by atoms with Gasteiger partial charge in [-0.3, -0.25) is 14.4 Å². The van der Waals surface area contributed by atoms with Gasteiger partial charge in [-0.05, 0) is 30.2 Å². The van der Waals surface area contributed by atoms with Crippen molar-refractivity contribution in [1.82, 2.24) is 5.32 Å². The Morgan fingerprint density at radius 1 is 0.960 bits per heavy atom. The highest BCUT2D eigenvalue weighted by Gasteiger charge is 2.11. The van der Waals surface area contributed by atoms with E-state index in [9.17, 15) is 14.4 Å². The topological polar surface area (TPSA) is 84.5 Å². The van der Waals surface area contributed by atoms with Crippen LogP contribution in [0.5, 0.6) is 0 Å². The van der Waals surface area contributed by atoms with Crippen molar-refractivity contribution in [3.8, 4) is 0 Å². The molecule has 0 aliphatic carbocycles. The minimum atomic E-state index is -0.678. The number of rotatable bonds is 7. The molecule has 6 nitrogen and oxygen atoms in total. The zero-order chi connectivity index (χ0) is 18.1. The molecule has 0 radical (unpaired) electrons. The van der Waals surface area contributed by atoms with Crippen LogP contribution < -0.4 is 10.6 Å². The molecule has 0 unspecified atom stereocenters. The minimum absolute atomic E-state index is 0.299. The van der Waals surface area contributed by atoms with Crippen LogP contribution in [-0.2, 0) is 20.7 Å². The van der Waals surface area contributed by atoms with Crippen LogP contribution in [-0.4, -0.2) is 30.9 Å². The van der Waals surface area contributed by atoms with Crippen molar-refractivity contribution in [1.29, 1.82) is 0 Å². The zero-order valence-electron chi connectivity index (χ0n) is 14.0. The number of carbonyl (C=O) groups excluding carboxylic acids is 3. The number of aryl methyl sites for hydroxylation is 1. The number of anilines is 1. The molecule has 0 saturated heterocycles. The molecule has 25 heavy (non-hydrogen) atoms. The summed E-state index contributed by atoms with van der Waals surface area (Å²) in [6.07, 6.45) is 0.780. The van der Waals surface area contributed by atoms with E-state index in [1.807, 2.05) is 25.1 Å². The van der Waals surface area contributed by atoms with Gasteiger partial charge < -0.3 is 15.4 Å². The second-order valence-corrected chi connectivity index (χ2v) is 5.27. The first-order valence-electron chi connectivity index (χ1n) is 7.96. The Kier molecular flexibility index (Phi) is 6.71. The lowest BCUT2D eigenvalue weighted by Gasteiger charge is -2.10. The molecule has 0 saturated carbocycles. The Balaban J connectivity index is 1.74. The molecule has 2 N–H and O–H groups in total. The maximum absolute atomic E-state index is 11.9. The predicted octanol–water partition coefficient (Wildman–Crippen LogP) is 2.16. The molecule has 2 rings (SSSR count). The minimum Gasteiger partial charge on any atom is -0.454 e. The molecule has 0 atom stereocenters. The monoisotopic (exact) mass is 340 g/mol. The molecule has 130 valence electrons. The Hall–Kier alpha value is -3.15. The van der Waals surface area contributed by atoms with E-state index in [2.05, 4.69) is 10.6 Å². The average molecular weight is 340 g/mol. The summed E-state index contributed by atoms with van der Waals surface area (Å²) < 4.78 is 4.87. The highest BCUT2D eigenvalue weighted by Crippen LogP contribution is 2.15. The summed E-state index contributed by atoms with van der Waals surface area (Å²) in [5.41, 5.74) is 2.14. The number of amides is 2. The fraction of sp³-hybridized carbons (Fsp3) is 0.211.